The van der Waals surface area contributed by atoms with Crippen molar-refractivity contribution >= 4 is 23.2 Å². The number of thiophene rings is 1. The summed E-state index contributed by atoms with van der Waals surface area (Å²) in [5, 5.41) is 21.0. The molecular formula is C22H27NO5S. The predicted octanol–water partition coefficient (Wildman–Crippen LogP) is 3.54. The van der Waals surface area contributed by atoms with Gasteiger partial charge in [-0.2, -0.15) is 0 Å². The molecule has 2 atom stereocenters. The zero-order valence-electron chi connectivity index (χ0n) is 16.3. The molecule has 2 aromatic rings. The standard InChI is InChI=1S/C22H27NO5S/c24-13-3-1-2-4-15-5-7-16(8-6-15)21(18-10-11-19(29-18)22(26)27)28-14-17-9-12-20(25)23-17/h5-8,10-11,17,21,24H,1-4,9,12-14H2,(H,23,25)(H,26,27)/t17-,21?/m1/s1. The molecule has 1 unspecified atom stereocenters. The number of unbranched alkanes of at least 4 members (excludes halogenated alkanes) is 2. The molecule has 1 aromatic heterocycles. The van der Waals surface area contributed by atoms with Crippen LogP contribution in [0.1, 0.15) is 63.9 Å². The average Bonchev–Trinajstić information content (AvgIpc) is 3.36. The number of aliphatic hydroxyl groups excluding tert-OH is 1. The topological polar surface area (TPSA) is 95.9 Å². The van der Waals surface area contributed by atoms with Gasteiger partial charge in [0.15, 0.2) is 0 Å². The maximum atomic E-state index is 11.4. The molecular weight excluding hydrogens is 390 g/mol. The van der Waals surface area contributed by atoms with E-state index in [-0.39, 0.29) is 29.5 Å². The summed E-state index contributed by atoms with van der Waals surface area (Å²) in [5.41, 5.74) is 2.19. The molecule has 0 aliphatic carbocycles. The molecule has 6 nitrogen and oxygen atoms in total. The van der Waals surface area contributed by atoms with Crippen molar-refractivity contribution in [2.45, 2.75) is 50.7 Å². The van der Waals surface area contributed by atoms with Crippen LogP contribution >= 0.6 is 11.3 Å². The molecule has 3 rings (SSSR count). The quantitative estimate of drug-likeness (QED) is 0.486. The van der Waals surface area contributed by atoms with Gasteiger partial charge in [0, 0.05) is 17.9 Å². The SMILES string of the molecule is O=C1CC[C@H](COC(c2ccc(CCCCCO)cc2)c2ccc(C(=O)O)s2)N1. The Balaban J connectivity index is 1.71. The Kier molecular flexibility index (Phi) is 7.80. The Labute approximate surface area is 174 Å². The maximum absolute atomic E-state index is 11.4. The zero-order chi connectivity index (χ0) is 20.6. The van der Waals surface area contributed by atoms with Gasteiger partial charge in [0.2, 0.25) is 5.91 Å². The van der Waals surface area contributed by atoms with Gasteiger partial charge in [-0.1, -0.05) is 30.7 Å². The second-order valence-electron chi connectivity index (χ2n) is 7.30. The molecule has 1 saturated heterocycles. The molecule has 1 aliphatic rings. The molecule has 0 saturated carbocycles. The van der Waals surface area contributed by atoms with Crippen LogP contribution in [0.4, 0.5) is 0 Å². The fourth-order valence-electron chi connectivity index (χ4n) is 3.44. The highest BCUT2D eigenvalue weighted by molar-refractivity contribution is 7.14. The molecule has 156 valence electrons. The van der Waals surface area contributed by atoms with Crippen molar-refractivity contribution in [3.63, 3.8) is 0 Å². The smallest absolute Gasteiger partial charge is 0.345 e. The molecule has 0 radical (unpaired) electrons. The third kappa shape index (κ3) is 6.13. The first-order valence-corrected chi connectivity index (χ1v) is 10.8. The third-order valence-corrected chi connectivity index (χ3v) is 6.17. The van der Waals surface area contributed by atoms with Crippen LogP contribution in [0.15, 0.2) is 36.4 Å². The van der Waals surface area contributed by atoms with Crippen LogP contribution in [0.3, 0.4) is 0 Å². The second-order valence-corrected chi connectivity index (χ2v) is 8.41. The van der Waals surface area contributed by atoms with Crippen molar-refractivity contribution in [2.75, 3.05) is 13.2 Å². The number of ether oxygens (including phenoxy) is 1. The van der Waals surface area contributed by atoms with Crippen molar-refractivity contribution in [3.05, 3.63) is 57.3 Å². The largest absolute Gasteiger partial charge is 0.477 e. The van der Waals surface area contributed by atoms with E-state index >= 15 is 0 Å². The van der Waals surface area contributed by atoms with Crippen LogP contribution in [-0.4, -0.2) is 41.3 Å². The van der Waals surface area contributed by atoms with Gasteiger partial charge >= 0.3 is 5.97 Å². The number of carbonyl (C=O) groups excluding carboxylic acids is 1. The first-order chi connectivity index (χ1) is 14.1. The molecule has 1 fully saturated rings. The van der Waals surface area contributed by atoms with Crippen LogP contribution in [0.25, 0.3) is 0 Å². The van der Waals surface area contributed by atoms with E-state index in [1.54, 1.807) is 12.1 Å². The molecule has 1 aliphatic heterocycles. The van der Waals surface area contributed by atoms with Gasteiger partial charge in [0.1, 0.15) is 11.0 Å². The number of nitrogens with one attached hydrogen (secondary N) is 1. The summed E-state index contributed by atoms with van der Waals surface area (Å²) in [7, 11) is 0. The number of carboxylic acid groups (broad SMARTS) is 1. The first kappa shape index (κ1) is 21.5. The highest BCUT2D eigenvalue weighted by atomic mass is 32.1. The van der Waals surface area contributed by atoms with Gasteiger partial charge in [0.05, 0.1) is 12.6 Å². The summed E-state index contributed by atoms with van der Waals surface area (Å²) in [5.74, 6) is -0.897. The van der Waals surface area contributed by atoms with Gasteiger partial charge in [-0.3, -0.25) is 4.79 Å². The number of aromatic carboxylic acids is 1. The molecule has 29 heavy (non-hydrogen) atoms. The summed E-state index contributed by atoms with van der Waals surface area (Å²) in [6.45, 7) is 0.623. The molecule has 0 bridgehead atoms. The van der Waals surface area contributed by atoms with Crippen LogP contribution < -0.4 is 5.32 Å². The zero-order valence-corrected chi connectivity index (χ0v) is 17.1. The fraction of sp³-hybridized carbons (Fsp3) is 0.455. The van der Waals surface area contributed by atoms with Crippen LogP contribution in [0, 0.1) is 0 Å². The summed E-state index contributed by atoms with van der Waals surface area (Å²) in [6, 6.07) is 11.6. The minimum Gasteiger partial charge on any atom is -0.477 e. The number of hydrogen-bond acceptors (Lipinski definition) is 5. The van der Waals surface area contributed by atoms with Gasteiger partial charge in [0.25, 0.3) is 0 Å². The Morgan fingerprint density at radius 2 is 1.97 bits per heavy atom. The number of hydrogen-bond donors (Lipinski definition) is 3. The van der Waals surface area contributed by atoms with E-state index in [0.717, 1.165) is 42.5 Å². The first-order valence-electron chi connectivity index (χ1n) is 10.0. The second kappa shape index (κ2) is 10.5. The third-order valence-electron chi connectivity index (χ3n) is 5.05. The predicted molar refractivity (Wildman–Crippen MR) is 111 cm³/mol. The van der Waals surface area contributed by atoms with E-state index < -0.39 is 5.97 Å². The molecule has 7 heteroatoms. The van der Waals surface area contributed by atoms with Crippen molar-refractivity contribution in [1.82, 2.24) is 5.32 Å². The Bertz CT molecular complexity index is 817. The van der Waals surface area contributed by atoms with E-state index in [1.807, 2.05) is 12.1 Å². The van der Waals surface area contributed by atoms with Crippen molar-refractivity contribution in [1.29, 1.82) is 0 Å². The lowest BCUT2D eigenvalue weighted by molar-refractivity contribution is -0.119. The Morgan fingerprint density at radius 1 is 1.17 bits per heavy atom. The van der Waals surface area contributed by atoms with Gasteiger partial charge in [-0.15, -0.1) is 11.3 Å². The summed E-state index contributed by atoms with van der Waals surface area (Å²) >= 11 is 1.21. The summed E-state index contributed by atoms with van der Waals surface area (Å²) in [6.07, 6.45) is 4.74. The lowest BCUT2D eigenvalue weighted by atomic mass is 10.0. The molecule has 3 N–H and O–H groups in total. The highest BCUT2D eigenvalue weighted by Crippen LogP contribution is 2.32. The lowest BCUT2D eigenvalue weighted by Crippen LogP contribution is -2.30. The van der Waals surface area contributed by atoms with E-state index in [2.05, 4.69) is 17.4 Å². The Morgan fingerprint density at radius 3 is 2.59 bits per heavy atom. The van der Waals surface area contributed by atoms with E-state index in [1.165, 1.54) is 16.9 Å². The van der Waals surface area contributed by atoms with Crippen LogP contribution in [0.5, 0.6) is 0 Å². The number of carboxylic acids is 1. The van der Waals surface area contributed by atoms with Crippen molar-refractivity contribution in [3.8, 4) is 0 Å². The molecule has 1 amide bonds. The number of aryl methyl sites for hydroxylation is 1. The number of aliphatic hydroxyl groups is 1. The van der Waals surface area contributed by atoms with Crippen LogP contribution in [-0.2, 0) is 16.0 Å². The van der Waals surface area contributed by atoms with Gasteiger partial charge in [-0.05, 0) is 48.9 Å². The Hall–Kier alpha value is -2.22. The van der Waals surface area contributed by atoms with Crippen molar-refractivity contribution < 1.29 is 24.5 Å². The monoisotopic (exact) mass is 417 g/mol. The normalized spacial score (nSPS) is 17.3. The fourth-order valence-corrected chi connectivity index (χ4v) is 4.37. The average molecular weight is 418 g/mol. The number of amides is 1. The number of rotatable bonds is 11. The summed E-state index contributed by atoms with van der Waals surface area (Å²) in [4.78, 5) is 23.8. The maximum Gasteiger partial charge on any atom is 0.345 e. The lowest BCUT2D eigenvalue weighted by Gasteiger charge is -2.20. The number of carbonyl (C=O) groups is 2. The van der Waals surface area contributed by atoms with Gasteiger partial charge < -0.3 is 20.3 Å². The van der Waals surface area contributed by atoms with Gasteiger partial charge in [-0.25, -0.2) is 4.79 Å². The highest BCUT2D eigenvalue weighted by Gasteiger charge is 2.24. The molecule has 0 spiro atoms. The van der Waals surface area contributed by atoms with Crippen LogP contribution in [0.2, 0.25) is 0 Å². The minimum atomic E-state index is -0.943. The van der Waals surface area contributed by atoms with E-state index in [9.17, 15) is 14.7 Å². The van der Waals surface area contributed by atoms with E-state index in [4.69, 9.17) is 9.84 Å². The number of benzene rings is 1. The minimum absolute atomic E-state index is 0.00490. The molecule has 1 aromatic carbocycles. The van der Waals surface area contributed by atoms with E-state index in [0.29, 0.717) is 13.0 Å². The summed E-state index contributed by atoms with van der Waals surface area (Å²) < 4.78 is 6.17. The molecule has 2 heterocycles. The van der Waals surface area contributed by atoms with Crippen molar-refractivity contribution in [2.24, 2.45) is 0 Å².